The second-order valence-electron chi connectivity index (χ2n) is 3.73. The van der Waals surface area contributed by atoms with Gasteiger partial charge in [0, 0.05) is 12.6 Å². The van der Waals surface area contributed by atoms with Crippen molar-refractivity contribution in [2.75, 3.05) is 0 Å². The lowest BCUT2D eigenvalue weighted by Gasteiger charge is -2.12. The van der Waals surface area contributed by atoms with Crippen LogP contribution in [-0.4, -0.2) is 6.04 Å². The van der Waals surface area contributed by atoms with Gasteiger partial charge in [-0.25, -0.2) is 4.39 Å². The molecule has 15 heavy (non-hydrogen) atoms. The monoisotopic (exact) mass is 225 g/mol. The van der Waals surface area contributed by atoms with E-state index in [2.05, 4.69) is 17.5 Å². The molecule has 1 N–H and O–H groups in total. The van der Waals surface area contributed by atoms with Crippen molar-refractivity contribution in [1.29, 1.82) is 0 Å². The quantitative estimate of drug-likeness (QED) is 0.779. The Kier molecular flexibility index (Phi) is 3.39. The average Bonchev–Trinajstić information content (AvgIpc) is 2.73. The summed E-state index contributed by atoms with van der Waals surface area (Å²) in [4.78, 5) is 0. The summed E-state index contributed by atoms with van der Waals surface area (Å²) in [5.41, 5.74) is 0.823. The topological polar surface area (TPSA) is 12.0 Å². The van der Waals surface area contributed by atoms with Crippen LogP contribution in [0, 0.1) is 5.82 Å². The first-order valence-electron chi connectivity index (χ1n) is 5.08. The van der Waals surface area contributed by atoms with E-state index < -0.39 is 0 Å². The molecule has 0 saturated carbocycles. The van der Waals surface area contributed by atoms with Crippen molar-refractivity contribution in [3.63, 3.8) is 0 Å². The summed E-state index contributed by atoms with van der Waals surface area (Å²) in [7, 11) is 0. The molecule has 80 valence electrons. The lowest BCUT2D eigenvalue weighted by atomic mass is 10.2. The Bertz CT molecular complexity index is 368. The highest BCUT2D eigenvalue weighted by molar-refractivity contribution is 6.31. The first-order valence-corrected chi connectivity index (χ1v) is 5.46. The predicted molar refractivity (Wildman–Crippen MR) is 60.4 cm³/mol. The number of halogens is 2. The first-order chi connectivity index (χ1) is 7.27. The van der Waals surface area contributed by atoms with Crippen molar-refractivity contribution < 1.29 is 4.39 Å². The maximum Gasteiger partial charge on any atom is 0.142 e. The molecular formula is C12H13ClFN. The van der Waals surface area contributed by atoms with Gasteiger partial charge in [0.05, 0.1) is 5.02 Å². The summed E-state index contributed by atoms with van der Waals surface area (Å²) in [5, 5.41) is 3.58. The van der Waals surface area contributed by atoms with Crippen molar-refractivity contribution in [3.8, 4) is 0 Å². The highest BCUT2D eigenvalue weighted by Crippen LogP contribution is 2.20. The Morgan fingerprint density at radius 2 is 2.07 bits per heavy atom. The van der Waals surface area contributed by atoms with Gasteiger partial charge in [0.2, 0.25) is 0 Å². The second-order valence-corrected chi connectivity index (χ2v) is 4.11. The normalized spacial score (nSPS) is 16.1. The minimum Gasteiger partial charge on any atom is -0.309 e. The van der Waals surface area contributed by atoms with Crippen LogP contribution in [-0.2, 0) is 6.54 Å². The van der Waals surface area contributed by atoms with E-state index >= 15 is 0 Å². The number of hydrogen-bond acceptors (Lipinski definition) is 1. The molecule has 1 aliphatic rings. The molecule has 0 atom stereocenters. The van der Waals surface area contributed by atoms with Gasteiger partial charge >= 0.3 is 0 Å². The molecule has 0 fully saturated rings. The first kappa shape index (κ1) is 10.7. The molecule has 0 radical (unpaired) electrons. The molecule has 0 heterocycles. The number of benzene rings is 1. The maximum atomic E-state index is 13.1. The molecule has 0 spiro atoms. The van der Waals surface area contributed by atoms with E-state index in [9.17, 15) is 4.39 Å². The van der Waals surface area contributed by atoms with Gasteiger partial charge in [-0.15, -0.1) is 0 Å². The summed E-state index contributed by atoms with van der Waals surface area (Å²) >= 11 is 5.85. The van der Waals surface area contributed by atoms with Crippen molar-refractivity contribution in [3.05, 3.63) is 46.8 Å². The molecule has 1 aromatic carbocycles. The standard InChI is InChI=1S/C12H13ClFN/c13-12-9(4-3-7-11(12)14)8-15-10-5-1-2-6-10/h1-4,7,10,15H,5-6,8H2. The number of nitrogens with one attached hydrogen (secondary N) is 1. The van der Waals surface area contributed by atoms with Crippen LogP contribution in [0.3, 0.4) is 0 Å². The number of hydrogen-bond donors (Lipinski definition) is 1. The minimum absolute atomic E-state index is 0.232. The van der Waals surface area contributed by atoms with Crippen LogP contribution in [0.4, 0.5) is 4.39 Å². The molecule has 2 rings (SSSR count). The van der Waals surface area contributed by atoms with Gasteiger partial charge in [0.15, 0.2) is 0 Å². The van der Waals surface area contributed by atoms with E-state index in [-0.39, 0.29) is 10.8 Å². The maximum absolute atomic E-state index is 13.1. The van der Waals surface area contributed by atoms with Crippen LogP contribution < -0.4 is 5.32 Å². The highest BCUT2D eigenvalue weighted by atomic mass is 35.5. The average molecular weight is 226 g/mol. The van der Waals surface area contributed by atoms with E-state index in [1.165, 1.54) is 6.07 Å². The molecule has 3 heteroatoms. The fraction of sp³-hybridized carbons (Fsp3) is 0.333. The predicted octanol–water partition coefficient (Wildman–Crippen LogP) is 3.29. The van der Waals surface area contributed by atoms with Crippen molar-refractivity contribution in [2.45, 2.75) is 25.4 Å². The van der Waals surface area contributed by atoms with E-state index in [1.54, 1.807) is 6.07 Å². The molecular weight excluding hydrogens is 213 g/mol. The van der Waals surface area contributed by atoms with Crippen LogP contribution in [0.25, 0.3) is 0 Å². The molecule has 1 nitrogen and oxygen atoms in total. The lowest BCUT2D eigenvalue weighted by Crippen LogP contribution is -2.25. The van der Waals surface area contributed by atoms with Gasteiger partial charge in [0.25, 0.3) is 0 Å². The zero-order valence-electron chi connectivity index (χ0n) is 8.34. The molecule has 0 saturated heterocycles. The van der Waals surface area contributed by atoms with Gasteiger partial charge in [0.1, 0.15) is 5.82 Å². The molecule has 1 aliphatic carbocycles. The van der Waals surface area contributed by atoms with Gasteiger partial charge in [-0.3, -0.25) is 0 Å². The SMILES string of the molecule is Fc1cccc(CNC2CC=CC2)c1Cl. The van der Waals surface area contributed by atoms with Crippen LogP contribution in [0.1, 0.15) is 18.4 Å². The summed E-state index contributed by atoms with van der Waals surface area (Å²) in [5.74, 6) is -0.347. The number of rotatable bonds is 3. The smallest absolute Gasteiger partial charge is 0.142 e. The molecule has 0 aliphatic heterocycles. The van der Waals surface area contributed by atoms with Gasteiger partial charge in [-0.05, 0) is 24.5 Å². The molecule has 0 unspecified atom stereocenters. The third-order valence-electron chi connectivity index (χ3n) is 2.62. The largest absolute Gasteiger partial charge is 0.309 e. The van der Waals surface area contributed by atoms with Crippen molar-refractivity contribution >= 4 is 11.6 Å². The minimum atomic E-state index is -0.347. The van der Waals surface area contributed by atoms with Crippen LogP contribution in [0.5, 0.6) is 0 Å². The Labute approximate surface area is 93.9 Å². The fourth-order valence-corrected chi connectivity index (χ4v) is 1.92. The van der Waals surface area contributed by atoms with Crippen molar-refractivity contribution in [2.24, 2.45) is 0 Å². The van der Waals surface area contributed by atoms with E-state index in [4.69, 9.17) is 11.6 Å². The summed E-state index contributed by atoms with van der Waals surface area (Å²) in [6, 6.07) is 5.39. The zero-order chi connectivity index (χ0) is 10.7. The summed E-state index contributed by atoms with van der Waals surface area (Å²) in [6.07, 6.45) is 6.41. The summed E-state index contributed by atoms with van der Waals surface area (Å²) < 4.78 is 13.1. The lowest BCUT2D eigenvalue weighted by molar-refractivity contribution is 0.536. The fourth-order valence-electron chi connectivity index (χ4n) is 1.72. The molecule has 1 aromatic rings. The molecule has 0 amide bonds. The third kappa shape index (κ3) is 2.58. The van der Waals surface area contributed by atoms with Crippen LogP contribution in [0.2, 0.25) is 5.02 Å². The Morgan fingerprint density at radius 1 is 1.33 bits per heavy atom. The van der Waals surface area contributed by atoms with Gasteiger partial charge < -0.3 is 5.32 Å². The molecule has 0 aromatic heterocycles. The van der Waals surface area contributed by atoms with Crippen LogP contribution >= 0.6 is 11.6 Å². The van der Waals surface area contributed by atoms with E-state index in [1.807, 2.05) is 6.07 Å². The van der Waals surface area contributed by atoms with Crippen molar-refractivity contribution in [1.82, 2.24) is 5.32 Å². The third-order valence-corrected chi connectivity index (χ3v) is 3.04. The van der Waals surface area contributed by atoms with Gasteiger partial charge in [-0.2, -0.15) is 0 Å². The van der Waals surface area contributed by atoms with Gasteiger partial charge in [-0.1, -0.05) is 35.9 Å². The molecule has 0 bridgehead atoms. The van der Waals surface area contributed by atoms with E-state index in [0.717, 1.165) is 18.4 Å². The Balaban J connectivity index is 1.95. The Hall–Kier alpha value is -0.860. The second kappa shape index (κ2) is 4.77. The highest BCUT2D eigenvalue weighted by Gasteiger charge is 2.11. The van der Waals surface area contributed by atoms with E-state index in [0.29, 0.717) is 12.6 Å². The zero-order valence-corrected chi connectivity index (χ0v) is 9.10. The Morgan fingerprint density at radius 3 is 2.80 bits per heavy atom. The summed E-state index contributed by atoms with van der Waals surface area (Å²) in [6.45, 7) is 0.628. The van der Waals surface area contributed by atoms with Crippen LogP contribution in [0.15, 0.2) is 30.4 Å².